The number of benzene rings is 5. The first kappa shape index (κ1) is 29.6. The first-order chi connectivity index (χ1) is 25.1. The standard InChI is InChI=1S/C45H32N6/c1-46-37-22-18-29(19-23-37)39-25-38(28-8-4-2-5-9-28)47-41(48-39)31-12-14-32(15-13-31)43-49-42(30-10-6-3-7-11-30)50-44(51-43)33-16-20-36(21-17-33)45-26-34-24-35(27-45)40(34)45/h2-23,25,34-35,40H,24,26-27H2. The molecule has 0 amide bonds. The van der Waals surface area contributed by atoms with Crippen LogP contribution in [0.25, 0.3) is 72.9 Å². The smallest absolute Gasteiger partial charge is 0.187 e. The highest BCUT2D eigenvalue weighted by Crippen LogP contribution is 2.77. The van der Waals surface area contributed by atoms with Crippen LogP contribution in [0.3, 0.4) is 0 Å². The molecule has 5 aromatic carbocycles. The van der Waals surface area contributed by atoms with Crippen LogP contribution < -0.4 is 0 Å². The fourth-order valence-electron chi connectivity index (χ4n) is 8.85. The molecule has 10 rings (SSSR count). The molecule has 2 atom stereocenters. The van der Waals surface area contributed by atoms with Gasteiger partial charge in [-0.25, -0.2) is 29.8 Å². The minimum Gasteiger partial charge on any atom is -0.238 e. The summed E-state index contributed by atoms with van der Waals surface area (Å²) < 4.78 is 0. The summed E-state index contributed by atoms with van der Waals surface area (Å²) in [5.74, 6) is 5.42. The summed E-state index contributed by atoms with van der Waals surface area (Å²) in [6.07, 6.45) is 4.17. The van der Waals surface area contributed by atoms with E-state index in [4.69, 9.17) is 31.5 Å². The average Bonchev–Trinajstić information content (AvgIpc) is 3.21. The zero-order valence-electron chi connectivity index (χ0n) is 27.8. The van der Waals surface area contributed by atoms with Gasteiger partial charge in [-0.2, -0.15) is 0 Å². The van der Waals surface area contributed by atoms with E-state index in [0.29, 0.717) is 34.4 Å². The van der Waals surface area contributed by atoms with Gasteiger partial charge in [0.05, 0.1) is 18.0 Å². The zero-order chi connectivity index (χ0) is 33.9. The van der Waals surface area contributed by atoms with Gasteiger partial charge in [-0.1, -0.05) is 133 Å². The molecule has 51 heavy (non-hydrogen) atoms. The second kappa shape index (κ2) is 11.6. The largest absolute Gasteiger partial charge is 0.238 e. The Morgan fingerprint density at radius 3 is 1.35 bits per heavy atom. The maximum atomic E-state index is 7.34. The minimum absolute atomic E-state index is 0.432. The summed E-state index contributed by atoms with van der Waals surface area (Å²) in [7, 11) is 0. The second-order valence-corrected chi connectivity index (χ2v) is 14.2. The molecule has 6 nitrogen and oxygen atoms in total. The van der Waals surface area contributed by atoms with Crippen LogP contribution in [0.2, 0.25) is 0 Å². The molecule has 0 spiro atoms. The molecule has 3 saturated carbocycles. The van der Waals surface area contributed by atoms with Crippen LogP contribution in [0.4, 0.5) is 5.69 Å². The van der Waals surface area contributed by atoms with E-state index in [1.807, 2.05) is 103 Å². The lowest BCUT2D eigenvalue weighted by Crippen LogP contribution is -2.71. The molecule has 3 fully saturated rings. The molecule has 242 valence electrons. The van der Waals surface area contributed by atoms with Gasteiger partial charge in [0, 0.05) is 27.8 Å². The van der Waals surface area contributed by atoms with Crippen molar-refractivity contribution in [2.24, 2.45) is 17.8 Å². The van der Waals surface area contributed by atoms with E-state index in [-0.39, 0.29) is 0 Å². The summed E-state index contributed by atoms with van der Waals surface area (Å²) >= 11 is 0. The van der Waals surface area contributed by atoms with Crippen LogP contribution in [0, 0.1) is 24.3 Å². The molecule has 6 heteroatoms. The van der Waals surface area contributed by atoms with E-state index in [1.165, 1.54) is 24.8 Å². The first-order valence-electron chi connectivity index (χ1n) is 17.6. The van der Waals surface area contributed by atoms with Crippen molar-refractivity contribution in [3.63, 3.8) is 0 Å². The quantitative estimate of drug-likeness (QED) is 0.160. The molecule has 0 aliphatic heterocycles. The van der Waals surface area contributed by atoms with Crippen LogP contribution in [0.1, 0.15) is 24.8 Å². The molecule has 0 N–H and O–H groups in total. The Balaban J connectivity index is 1.01. The van der Waals surface area contributed by atoms with Crippen LogP contribution >= 0.6 is 0 Å². The number of rotatable bonds is 7. The van der Waals surface area contributed by atoms with Crippen molar-refractivity contribution < 1.29 is 0 Å². The fourth-order valence-corrected chi connectivity index (χ4v) is 8.85. The molecule has 3 aliphatic carbocycles. The monoisotopic (exact) mass is 656 g/mol. The number of hydrogen-bond acceptors (Lipinski definition) is 5. The normalized spacial score (nSPS) is 21.0. The fraction of sp³-hybridized carbons (Fsp3) is 0.156. The Hall–Kier alpha value is -6.32. The maximum absolute atomic E-state index is 7.34. The molecule has 0 bridgehead atoms. The number of hydrogen-bond donors (Lipinski definition) is 0. The van der Waals surface area contributed by atoms with E-state index in [9.17, 15) is 0 Å². The number of nitrogens with zero attached hydrogens (tertiary/aromatic N) is 6. The summed E-state index contributed by atoms with van der Waals surface area (Å²) in [5, 5.41) is 0. The highest BCUT2D eigenvalue weighted by atomic mass is 15.0. The van der Waals surface area contributed by atoms with Crippen molar-refractivity contribution >= 4 is 5.69 Å². The summed E-state index contributed by atoms with van der Waals surface area (Å²) in [5.41, 5.74) is 9.78. The predicted octanol–water partition coefficient (Wildman–Crippen LogP) is 10.5. The topological polar surface area (TPSA) is 68.8 Å². The zero-order valence-corrected chi connectivity index (χ0v) is 27.8. The van der Waals surface area contributed by atoms with Crippen LogP contribution in [0.5, 0.6) is 0 Å². The summed E-state index contributed by atoms with van der Waals surface area (Å²) in [6.45, 7) is 7.34. The molecule has 0 saturated heterocycles. The van der Waals surface area contributed by atoms with Gasteiger partial charge < -0.3 is 0 Å². The lowest BCUT2D eigenvalue weighted by atomic mass is 9.28. The van der Waals surface area contributed by atoms with Crippen LogP contribution in [-0.2, 0) is 5.41 Å². The molecule has 7 aromatic rings. The van der Waals surface area contributed by atoms with Crippen molar-refractivity contribution in [1.82, 2.24) is 24.9 Å². The Labute approximate surface area is 296 Å². The molecule has 3 aliphatic rings. The first-order valence-corrected chi connectivity index (χ1v) is 17.6. The van der Waals surface area contributed by atoms with Crippen molar-refractivity contribution in [3.05, 3.63) is 157 Å². The molecule has 0 radical (unpaired) electrons. The summed E-state index contributed by atoms with van der Waals surface area (Å²) in [6, 6.07) is 46.9. The Morgan fingerprint density at radius 2 is 0.882 bits per heavy atom. The second-order valence-electron chi connectivity index (χ2n) is 14.2. The van der Waals surface area contributed by atoms with Gasteiger partial charge in [-0.15, -0.1) is 0 Å². The lowest BCUT2D eigenvalue weighted by Gasteiger charge is -2.76. The van der Waals surface area contributed by atoms with Gasteiger partial charge in [0.25, 0.3) is 0 Å². The Kier molecular flexibility index (Phi) is 6.75. The van der Waals surface area contributed by atoms with Crippen molar-refractivity contribution in [2.75, 3.05) is 0 Å². The predicted molar refractivity (Wildman–Crippen MR) is 200 cm³/mol. The average molecular weight is 657 g/mol. The van der Waals surface area contributed by atoms with E-state index in [0.717, 1.165) is 62.5 Å². The molecule has 2 unspecified atom stereocenters. The molecule has 2 aromatic heterocycles. The van der Waals surface area contributed by atoms with E-state index in [1.54, 1.807) is 0 Å². The third kappa shape index (κ3) is 4.96. The lowest BCUT2D eigenvalue weighted by molar-refractivity contribution is -0.219. The van der Waals surface area contributed by atoms with Gasteiger partial charge in [-0.05, 0) is 59.6 Å². The molecular weight excluding hydrogens is 625 g/mol. The van der Waals surface area contributed by atoms with Gasteiger partial charge in [0.1, 0.15) is 0 Å². The maximum Gasteiger partial charge on any atom is 0.187 e. The van der Waals surface area contributed by atoms with Crippen LogP contribution in [0.15, 0.2) is 140 Å². The van der Waals surface area contributed by atoms with Gasteiger partial charge in [0.15, 0.2) is 29.0 Å². The van der Waals surface area contributed by atoms with Gasteiger partial charge >= 0.3 is 0 Å². The SMILES string of the molecule is [C-]#[N+]c1ccc(-c2cc(-c3ccccc3)nc(-c3ccc(-c4nc(-c5ccccc5)nc(-c5ccc(C67CC8CC(C6)C87)cc5)n4)cc3)n2)cc1. The number of aromatic nitrogens is 5. The van der Waals surface area contributed by atoms with Crippen LogP contribution in [-0.4, -0.2) is 24.9 Å². The highest BCUT2D eigenvalue weighted by Gasteiger charge is 2.71. The molecule has 2 heterocycles. The van der Waals surface area contributed by atoms with Crippen molar-refractivity contribution in [3.8, 4) is 68.1 Å². The van der Waals surface area contributed by atoms with E-state index >= 15 is 0 Å². The van der Waals surface area contributed by atoms with Gasteiger partial charge in [-0.3, -0.25) is 0 Å². The van der Waals surface area contributed by atoms with E-state index in [2.05, 4.69) is 41.2 Å². The van der Waals surface area contributed by atoms with Crippen molar-refractivity contribution in [2.45, 2.75) is 24.7 Å². The Bertz CT molecular complexity index is 2440. The summed E-state index contributed by atoms with van der Waals surface area (Å²) in [4.78, 5) is 28.5. The van der Waals surface area contributed by atoms with E-state index < -0.39 is 0 Å². The Morgan fingerprint density at radius 1 is 0.471 bits per heavy atom. The van der Waals surface area contributed by atoms with Crippen molar-refractivity contribution in [1.29, 1.82) is 0 Å². The van der Waals surface area contributed by atoms with Gasteiger partial charge in [0.2, 0.25) is 0 Å². The highest BCUT2D eigenvalue weighted by molar-refractivity contribution is 5.74. The third-order valence-corrected chi connectivity index (χ3v) is 11.4. The molecular formula is C45H32N6. The third-order valence-electron chi connectivity index (χ3n) is 11.4. The minimum atomic E-state index is 0.432.